The van der Waals surface area contributed by atoms with Crippen LogP contribution in [-0.4, -0.2) is 17.8 Å². The highest BCUT2D eigenvalue weighted by Gasteiger charge is 2.25. The zero-order valence-corrected chi connectivity index (χ0v) is 18.5. The molecule has 30 heavy (non-hydrogen) atoms. The number of allylic oxidation sites excluding steroid dienone is 2. The van der Waals surface area contributed by atoms with Crippen molar-refractivity contribution in [2.24, 2.45) is 11.7 Å². The molecule has 2 aliphatic rings. The van der Waals surface area contributed by atoms with Crippen LogP contribution in [0, 0.1) is 12.8 Å². The van der Waals surface area contributed by atoms with Gasteiger partial charge in [-0.05, 0) is 97.2 Å². The second-order valence-electron chi connectivity index (χ2n) is 8.90. The first-order chi connectivity index (χ1) is 14.4. The van der Waals surface area contributed by atoms with Crippen molar-refractivity contribution in [3.8, 4) is 5.75 Å². The van der Waals surface area contributed by atoms with Gasteiger partial charge in [-0.2, -0.15) is 0 Å². The van der Waals surface area contributed by atoms with Crippen molar-refractivity contribution in [1.82, 2.24) is 0 Å². The van der Waals surface area contributed by atoms with Crippen molar-refractivity contribution in [1.29, 1.82) is 0 Å². The Morgan fingerprint density at radius 3 is 2.70 bits per heavy atom. The number of nitrogens with two attached hydrogens (primary N) is 1. The fourth-order valence-corrected chi connectivity index (χ4v) is 4.99. The van der Waals surface area contributed by atoms with Gasteiger partial charge in [0.15, 0.2) is 0 Å². The van der Waals surface area contributed by atoms with E-state index >= 15 is 0 Å². The summed E-state index contributed by atoms with van der Waals surface area (Å²) >= 11 is 0. The monoisotopic (exact) mass is 403 g/mol. The van der Waals surface area contributed by atoms with Crippen LogP contribution < -0.4 is 10.5 Å². The van der Waals surface area contributed by atoms with Crippen molar-refractivity contribution < 1.29 is 9.84 Å². The van der Waals surface area contributed by atoms with Gasteiger partial charge in [0.05, 0.1) is 6.10 Å². The van der Waals surface area contributed by atoms with Gasteiger partial charge in [0, 0.05) is 5.92 Å². The van der Waals surface area contributed by atoms with Crippen LogP contribution >= 0.6 is 0 Å². The molecule has 3 heteroatoms. The smallest absolute Gasteiger partial charge is 0.120 e. The van der Waals surface area contributed by atoms with Crippen molar-refractivity contribution in [3.05, 3.63) is 81.4 Å². The first-order valence-electron chi connectivity index (χ1n) is 11.0. The SMILES string of the molecule is CC1=CC(O)C(C)C(C)=C1c1cccc(COc2ccc3c(c2)CCC3CN)c1C. The zero-order chi connectivity index (χ0) is 21.4. The Morgan fingerprint density at radius 1 is 1.13 bits per heavy atom. The average molecular weight is 404 g/mol. The summed E-state index contributed by atoms with van der Waals surface area (Å²) in [6, 6.07) is 12.9. The minimum Gasteiger partial charge on any atom is -0.489 e. The molecule has 3 N–H and O–H groups in total. The van der Waals surface area contributed by atoms with E-state index in [0.29, 0.717) is 12.5 Å². The van der Waals surface area contributed by atoms with Crippen LogP contribution in [0.3, 0.4) is 0 Å². The second-order valence-corrected chi connectivity index (χ2v) is 8.90. The number of hydrogen-bond acceptors (Lipinski definition) is 3. The van der Waals surface area contributed by atoms with E-state index in [0.717, 1.165) is 30.7 Å². The van der Waals surface area contributed by atoms with E-state index in [1.807, 2.05) is 6.08 Å². The Labute approximate surface area is 180 Å². The first kappa shape index (κ1) is 20.9. The van der Waals surface area contributed by atoms with E-state index in [9.17, 15) is 5.11 Å². The van der Waals surface area contributed by atoms with Crippen LogP contribution in [0.4, 0.5) is 0 Å². The van der Waals surface area contributed by atoms with E-state index in [-0.39, 0.29) is 5.92 Å². The maximum absolute atomic E-state index is 10.3. The van der Waals surface area contributed by atoms with Gasteiger partial charge in [-0.25, -0.2) is 0 Å². The summed E-state index contributed by atoms with van der Waals surface area (Å²) in [5.74, 6) is 1.56. The summed E-state index contributed by atoms with van der Waals surface area (Å²) in [6.07, 6.45) is 3.81. The molecular weight excluding hydrogens is 370 g/mol. The van der Waals surface area contributed by atoms with Crippen LogP contribution in [-0.2, 0) is 13.0 Å². The lowest BCUT2D eigenvalue weighted by Crippen LogP contribution is -2.21. The average Bonchev–Trinajstić information content (AvgIpc) is 3.15. The van der Waals surface area contributed by atoms with Gasteiger partial charge in [0.1, 0.15) is 12.4 Å². The molecule has 0 bridgehead atoms. The summed E-state index contributed by atoms with van der Waals surface area (Å²) in [6.45, 7) is 9.77. The molecule has 0 saturated carbocycles. The van der Waals surface area contributed by atoms with Gasteiger partial charge < -0.3 is 15.6 Å². The normalized spacial score (nSPS) is 23.4. The third-order valence-electron chi connectivity index (χ3n) is 7.12. The Balaban J connectivity index is 1.57. The molecule has 0 fully saturated rings. The van der Waals surface area contributed by atoms with E-state index in [1.54, 1.807) is 0 Å². The molecule has 4 rings (SSSR count). The molecular formula is C27H33NO2. The summed E-state index contributed by atoms with van der Waals surface area (Å²) in [7, 11) is 0. The second kappa shape index (κ2) is 8.41. The molecule has 2 aromatic carbocycles. The van der Waals surface area contributed by atoms with Crippen LogP contribution in [0.1, 0.15) is 60.9 Å². The highest BCUT2D eigenvalue weighted by Crippen LogP contribution is 2.38. The quantitative estimate of drug-likeness (QED) is 0.713. The molecule has 3 unspecified atom stereocenters. The molecule has 2 aromatic rings. The number of aryl methyl sites for hydroxylation is 1. The Morgan fingerprint density at radius 2 is 1.93 bits per heavy atom. The Bertz CT molecular complexity index is 1020. The van der Waals surface area contributed by atoms with Gasteiger partial charge >= 0.3 is 0 Å². The fraction of sp³-hybridized carbons (Fsp3) is 0.407. The molecule has 0 heterocycles. The maximum atomic E-state index is 10.3. The lowest BCUT2D eigenvalue weighted by Gasteiger charge is -2.28. The third kappa shape index (κ3) is 3.73. The number of ether oxygens (including phenoxy) is 1. The van der Waals surface area contributed by atoms with Crippen molar-refractivity contribution in [2.75, 3.05) is 6.54 Å². The first-order valence-corrected chi connectivity index (χ1v) is 11.0. The van der Waals surface area contributed by atoms with Gasteiger partial charge in [-0.15, -0.1) is 0 Å². The molecule has 0 aliphatic heterocycles. The topological polar surface area (TPSA) is 55.5 Å². The predicted octanol–water partition coefficient (Wildman–Crippen LogP) is 5.29. The largest absolute Gasteiger partial charge is 0.489 e. The van der Waals surface area contributed by atoms with Crippen LogP contribution in [0.15, 0.2) is 53.6 Å². The maximum Gasteiger partial charge on any atom is 0.120 e. The summed E-state index contributed by atoms with van der Waals surface area (Å²) in [5.41, 5.74) is 16.0. The molecule has 158 valence electrons. The molecule has 0 spiro atoms. The molecule has 2 aliphatic carbocycles. The van der Waals surface area contributed by atoms with Gasteiger partial charge in [-0.3, -0.25) is 0 Å². The zero-order valence-electron chi connectivity index (χ0n) is 18.5. The highest BCUT2D eigenvalue weighted by atomic mass is 16.5. The van der Waals surface area contributed by atoms with Gasteiger partial charge in [0.2, 0.25) is 0 Å². The summed E-state index contributed by atoms with van der Waals surface area (Å²) in [5, 5.41) is 10.3. The highest BCUT2D eigenvalue weighted by molar-refractivity contribution is 5.84. The Hall–Kier alpha value is -2.36. The lowest BCUT2D eigenvalue weighted by atomic mass is 9.79. The lowest BCUT2D eigenvalue weighted by molar-refractivity contribution is 0.177. The Kier molecular flexibility index (Phi) is 5.86. The number of aliphatic hydroxyl groups excluding tert-OH is 1. The molecule has 0 saturated heterocycles. The number of aliphatic hydroxyl groups is 1. The van der Waals surface area contributed by atoms with Crippen molar-refractivity contribution in [2.45, 2.75) is 59.2 Å². The summed E-state index contributed by atoms with van der Waals surface area (Å²) < 4.78 is 6.20. The van der Waals surface area contributed by atoms with Crippen molar-refractivity contribution >= 4 is 5.57 Å². The van der Waals surface area contributed by atoms with Crippen LogP contribution in [0.5, 0.6) is 5.75 Å². The molecule has 3 atom stereocenters. The number of rotatable bonds is 5. The number of hydrogen-bond donors (Lipinski definition) is 2. The predicted molar refractivity (Wildman–Crippen MR) is 124 cm³/mol. The summed E-state index contributed by atoms with van der Waals surface area (Å²) in [4.78, 5) is 0. The number of fused-ring (bicyclic) bond motifs is 1. The van der Waals surface area contributed by atoms with E-state index in [2.05, 4.69) is 64.1 Å². The van der Waals surface area contributed by atoms with Crippen molar-refractivity contribution in [3.63, 3.8) is 0 Å². The van der Waals surface area contributed by atoms with Gasteiger partial charge in [0.25, 0.3) is 0 Å². The molecule has 0 radical (unpaired) electrons. The minimum absolute atomic E-state index is 0.131. The van der Waals surface area contributed by atoms with E-state index < -0.39 is 6.10 Å². The molecule has 0 amide bonds. The third-order valence-corrected chi connectivity index (χ3v) is 7.12. The van der Waals surface area contributed by atoms with E-state index in [4.69, 9.17) is 10.5 Å². The molecule has 0 aromatic heterocycles. The van der Waals surface area contributed by atoms with E-state index in [1.165, 1.54) is 39.0 Å². The fourth-order valence-electron chi connectivity index (χ4n) is 4.99. The number of benzene rings is 2. The van der Waals surface area contributed by atoms with Crippen LogP contribution in [0.25, 0.3) is 5.57 Å². The standard InChI is InChI=1S/C27H33NO2/c1-16-12-26(29)17(2)18(3)27(16)24-7-5-6-22(19(24)4)15-30-23-10-11-25-20(13-23)8-9-21(25)14-28/h5-7,10-13,17,21,26,29H,8-9,14-15,28H2,1-4H3. The minimum atomic E-state index is -0.403. The van der Waals surface area contributed by atoms with Gasteiger partial charge in [-0.1, -0.05) is 42.8 Å². The molecule has 3 nitrogen and oxygen atoms in total. The van der Waals surface area contributed by atoms with Crippen LogP contribution in [0.2, 0.25) is 0 Å².